The van der Waals surface area contributed by atoms with E-state index in [1.54, 1.807) is 30.3 Å². The van der Waals surface area contributed by atoms with Crippen molar-refractivity contribution in [1.82, 2.24) is 15.5 Å². The molecule has 0 radical (unpaired) electrons. The van der Waals surface area contributed by atoms with Gasteiger partial charge in [0.05, 0.1) is 15.6 Å². The van der Waals surface area contributed by atoms with Gasteiger partial charge in [0.25, 0.3) is 11.8 Å². The highest BCUT2D eigenvalue weighted by atomic mass is 35.5. The molecule has 2 aromatic carbocycles. The molecule has 0 fully saturated rings. The van der Waals surface area contributed by atoms with Crippen LogP contribution in [0.25, 0.3) is 11.5 Å². The van der Waals surface area contributed by atoms with Crippen molar-refractivity contribution in [2.45, 2.75) is 6.42 Å². The maximum absolute atomic E-state index is 13.7. The van der Waals surface area contributed by atoms with Crippen LogP contribution in [0.1, 0.15) is 16.2 Å². The Hall–Kier alpha value is -2.44. The van der Waals surface area contributed by atoms with E-state index in [1.807, 2.05) is 0 Å². The molecule has 0 aliphatic heterocycles. The van der Waals surface area contributed by atoms with Crippen LogP contribution >= 0.6 is 23.2 Å². The number of nitrogens with zero attached hydrogens (tertiary/aromatic N) is 2. The minimum atomic E-state index is -0.439. The summed E-state index contributed by atoms with van der Waals surface area (Å²) < 4.78 is 19.1. The first-order valence-electron chi connectivity index (χ1n) is 7.35. The molecule has 0 saturated heterocycles. The van der Waals surface area contributed by atoms with Crippen LogP contribution < -0.4 is 5.32 Å². The number of hydrogen-bond donors (Lipinski definition) is 1. The largest absolute Gasteiger partial charge is 0.421 e. The standard InChI is InChI=1S/C17H12Cl2FN3O2/c18-12-6-5-10(9-13(12)19)16(24)21-8-7-15-22-23-17(25-15)11-3-1-2-4-14(11)20/h1-6,9H,7-8H2,(H,21,24). The third-order valence-corrected chi connectivity index (χ3v) is 4.12. The molecule has 3 aromatic rings. The highest BCUT2D eigenvalue weighted by Gasteiger charge is 2.13. The third-order valence-electron chi connectivity index (χ3n) is 3.38. The van der Waals surface area contributed by atoms with Crippen LogP contribution in [0.15, 0.2) is 46.9 Å². The molecule has 0 bridgehead atoms. The van der Waals surface area contributed by atoms with Crippen LogP contribution in [-0.2, 0) is 6.42 Å². The summed E-state index contributed by atoms with van der Waals surface area (Å²) in [5.74, 6) is -0.338. The van der Waals surface area contributed by atoms with Gasteiger partial charge in [0, 0.05) is 18.5 Å². The Morgan fingerprint density at radius 1 is 1.12 bits per heavy atom. The normalized spacial score (nSPS) is 10.7. The minimum absolute atomic E-state index is 0.101. The quantitative estimate of drug-likeness (QED) is 0.722. The second-order valence-electron chi connectivity index (χ2n) is 5.12. The lowest BCUT2D eigenvalue weighted by Crippen LogP contribution is -2.25. The summed E-state index contributed by atoms with van der Waals surface area (Å²) in [6.07, 6.45) is 0.314. The van der Waals surface area contributed by atoms with Crippen LogP contribution in [0.5, 0.6) is 0 Å². The summed E-state index contributed by atoms with van der Waals surface area (Å²) in [6, 6.07) is 10.7. The summed E-state index contributed by atoms with van der Waals surface area (Å²) in [7, 11) is 0. The maximum Gasteiger partial charge on any atom is 0.251 e. The molecule has 0 spiro atoms. The summed E-state index contributed by atoms with van der Waals surface area (Å²) >= 11 is 11.7. The number of rotatable bonds is 5. The van der Waals surface area contributed by atoms with Gasteiger partial charge in [-0.3, -0.25) is 4.79 Å². The molecule has 1 aromatic heterocycles. The van der Waals surface area contributed by atoms with E-state index in [0.717, 1.165) is 0 Å². The first-order valence-corrected chi connectivity index (χ1v) is 8.10. The zero-order valence-electron chi connectivity index (χ0n) is 12.8. The molecule has 1 heterocycles. The molecule has 128 valence electrons. The molecule has 1 amide bonds. The first kappa shape index (κ1) is 17.4. The summed E-state index contributed by atoms with van der Waals surface area (Å²) in [5, 5.41) is 11.1. The van der Waals surface area contributed by atoms with E-state index in [-0.39, 0.29) is 23.9 Å². The lowest BCUT2D eigenvalue weighted by Gasteiger charge is -2.04. The fraction of sp³-hybridized carbons (Fsp3) is 0.118. The third kappa shape index (κ3) is 4.15. The van der Waals surface area contributed by atoms with Crippen LogP contribution in [0, 0.1) is 5.82 Å². The monoisotopic (exact) mass is 379 g/mol. The molecule has 5 nitrogen and oxygen atoms in total. The smallest absolute Gasteiger partial charge is 0.251 e. The van der Waals surface area contributed by atoms with Gasteiger partial charge in [-0.05, 0) is 30.3 Å². The fourth-order valence-corrected chi connectivity index (χ4v) is 2.42. The Morgan fingerprint density at radius 3 is 2.68 bits per heavy atom. The summed E-state index contributed by atoms with van der Waals surface area (Å²) in [4.78, 5) is 12.0. The predicted molar refractivity (Wildman–Crippen MR) is 92.2 cm³/mol. The maximum atomic E-state index is 13.7. The van der Waals surface area contributed by atoms with Gasteiger partial charge in [0.1, 0.15) is 5.82 Å². The Labute approximate surface area is 152 Å². The second-order valence-corrected chi connectivity index (χ2v) is 5.93. The minimum Gasteiger partial charge on any atom is -0.421 e. The van der Waals surface area contributed by atoms with Gasteiger partial charge in [-0.2, -0.15) is 0 Å². The molecule has 3 rings (SSSR count). The SMILES string of the molecule is O=C(NCCc1nnc(-c2ccccc2F)o1)c1ccc(Cl)c(Cl)c1. The van der Waals surface area contributed by atoms with Gasteiger partial charge in [0.2, 0.25) is 5.89 Å². The van der Waals surface area contributed by atoms with Crippen molar-refractivity contribution < 1.29 is 13.6 Å². The molecule has 0 atom stereocenters. The molecular weight excluding hydrogens is 368 g/mol. The average Bonchev–Trinajstić information content (AvgIpc) is 3.06. The Morgan fingerprint density at radius 2 is 1.92 bits per heavy atom. The molecule has 8 heteroatoms. The van der Waals surface area contributed by atoms with E-state index in [4.69, 9.17) is 27.6 Å². The summed E-state index contributed by atoms with van der Waals surface area (Å²) in [6.45, 7) is 0.276. The number of nitrogens with one attached hydrogen (secondary N) is 1. The number of hydrogen-bond acceptors (Lipinski definition) is 4. The zero-order chi connectivity index (χ0) is 17.8. The summed E-state index contributed by atoms with van der Waals surface area (Å²) in [5.41, 5.74) is 0.632. The van der Waals surface area contributed by atoms with Crippen LogP contribution in [-0.4, -0.2) is 22.6 Å². The molecule has 25 heavy (non-hydrogen) atoms. The van der Waals surface area contributed by atoms with Crippen molar-refractivity contribution in [3.8, 4) is 11.5 Å². The van der Waals surface area contributed by atoms with E-state index in [2.05, 4.69) is 15.5 Å². The lowest BCUT2D eigenvalue weighted by atomic mass is 10.2. The van der Waals surface area contributed by atoms with Gasteiger partial charge in [0.15, 0.2) is 0 Å². The first-order chi connectivity index (χ1) is 12.0. The van der Waals surface area contributed by atoms with Gasteiger partial charge in [-0.1, -0.05) is 35.3 Å². The fourth-order valence-electron chi connectivity index (χ4n) is 2.12. The van der Waals surface area contributed by atoms with Gasteiger partial charge < -0.3 is 9.73 Å². The molecule has 0 unspecified atom stereocenters. The van der Waals surface area contributed by atoms with Crippen molar-refractivity contribution in [2.75, 3.05) is 6.54 Å². The van der Waals surface area contributed by atoms with E-state index in [9.17, 15) is 9.18 Å². The lowest BCUT2D eigenvalue weighted by molar-refractivity contribution is 0.0953. The average molecular weight is 380 g/mol. The number of halogens is 3. The Balaban J connectivity index is 1.58. The Bertz CT molecular complexity index is 914. The predicted octanol–water partition coefficient (Wildman–Crippen LogP) is 4.16. The number of amides is 1. The van der Waals surface area contributed by atoms with E-state index < -0.39 is 5.82 Å². The van der Waals surface area contributed by atoms with E-state index >= 15 is 0 Å². The topological polar surface area (TPSA) is 68.0 Å². The number of carbonyl (C=O) groups excluding carboxylic acids is 1. The molecule has 0 saturated carbocycles. The van der Waals surface area contributed by atoms with Crippen LogP contribution in [0.2, 0.25) is 10.0 Å². The van der Waals surface area contributed by atoms with E-state index in [0.29, 0.717) is 27.9 Å². The van der Waals surface area contributed by atoms with E-state index in [1.165, 1.54) is 12.1 Å². The Kier molecular flexibility index (Phi) is 5.31. The number of carbonyl (C=O) groups is 1. The van der Waals surface area contributed by atoms with Crippen molar-refractivity contribution in [2.24, 2.45) is 0 Å². The van der Waals surface area contributed by atoms with Crippen molar-refractivity contribution in [3.05, 3.63) is 69.8 Å². The van der Waals surface area contributed by atoms with Crippen LogP contribution in [0.4, 0.5) is 4.39 Å². The molecule has 0 aliphatic rings. The zero-order valence-corrected chi connectivity index (χ0v) is 14.3. The van der Waals surface area contributed by atoms with Crippen molar-refractivity contribution >= 4 is 29.1 Å². The molecule has 0 aliphatic carbocycles. The highest BCUT2D eigenvalue weighted by Crippen LogP contribution is 2.23. The number of aromatic nitrogens is 2. The van der Waals surface area contributed by atoms with Gasteiger partial charge in [-0.25, -0.2) is 4.39 Å². The van der Waals surface area contributed by atoms with Crippen molar-refractivity contribution in [3.63, 3.8) is 0 Å². The molecular formula is C17H12Cl2FN3O2. The van der Waals surface area contributed by atoms with Crippen LogP contribution in [0.3, 0.4) is 0 Å². The van der Waals surface area contributed by atoms with Gasteiger partial charge in [-0.15, -0.1) is 10.2 Å². The highest BCUT2D eigenvalue weighted by molar-refractivity contribution is 6.42. The van der Waals surface area contributed by atoms with Gasteiger partial charge >= 0.3 is 0 Å². The molecule has 1 N–H and O–H groups in total. The van der Waals surface area contributed by atoms with Crippen molar-refractivity contribution in [1.29, 1.82) is 0 Å². The number of benzene rings is 2. The second kappa shape index (κ2) is 7.63.